The Morgan fingerprint density at radius 2 is 2.05 bits per heavy atom. The average molecular weight is 357 g/mol. The van der Waals surface area contributed by atoms with Crippen LogP contribution in [-0.4, -0.2) is 18.1 Å². The van der Waals surface area contributed by atoms with E-state index < -0.39 is 0 Å². The van der Waals surface area contributed by atoms with Crippen molar-refractivity contribution in [3.8, 4) is 11.5 Å². The Labute approximate surface area is 129 Å². The van der Waals surface area contributed by atoms with Gasteiger partial charge >= 0.3 is 0 Å². The number of benzene rings is 2. The minimum atomic E-state index is -0.333. The summed E-state index contributed by atoms with van der Waals surface area (Å²) in [6, 6.07) is 9.52. The van der Waals surface area contributed by atoms with Crippen LogP contribution in [0, 0.1) is 0 Å². The second-order valence-corrected chi connectivity index (χ2v) is 5.23. The number of nitrogens with one attached hydrogen (secondary N) is 1. The van der Waals surface area contributed by atoms with Gasteiger partial charge in [-0.3, -0.25) is 4.79 Å². The third-order valence-corrected chi connectivity index (χ3v) is 3.63. The van der Waals surface area contributed by atoms with Crippen molar-refractivity contribution in [3.63, 3.8) is 0 Å². The van der Waals surface area contributed by atoms with Crippen molar-refractivity contribution in [1.82, 2.24) is 0 Å². The summed E-state index contributed by atoms with van der Waals surface area (Å²) in [7, 11) is 1.55. The first kappa shape index (κ1) is 14.7. The molecule has 0 heterocycles. The number of carbonyl (C=O) groups is 1. The lowest BCUT2D eigenvalue weighted by molar-refractivity contribution is 0.102. The fourth-order valence-corrected chi connectivity index (χ4v) is 2.10. The maximum atomic E-state index is 12.1. The first-order chi connectivity index (χ1) is 9.51. The number of aromatic hydroxyl groups is 1. The molecule has 0 fully saturated rings. The molecule has 6 heteroatoms. The molecule has 2 rings (SSSR count). The topological polar surface area (TPSA) is 58.6 Å². The SMILES string of the molecule is COc1ccc(Br)c(NC(=O)c2ccc(O)c(Cl)c2)c1. The summed E-state index contributed by atoms with van der Waals surface area (Å²) < 4.78 is 5.84. The lowest BCUT2D eigenvalue weighted by Gasteiger charge is -2.09. The molecule has 0 atom stereocenters. The molecule has 2 aromatic carbocycles. The van der Waals surface area contributed by atoms with E-state index >= 15 is 0 Å². The molecule has 2 aromatic rings. The third-order valence-electron chi connectivity index (χ3n) is 2.63. The van der Waals surface area contributed by atoms with Crippen LogP contribution in [0.25, 0.3) is 0 Å². The van der Waals surface area contributed by atoms with E-state index in [9.17, 15) is 9.90 Å². The number of anilines is 1. The number of phenols is 1. The van der Waals surface area contributed by atoms with E-state index in [1.54, 1.807) is 25.3 Å². The van der Waals surface area contributed by atoms with Gasteiger partial charge in [0, 0.05) is 16.1 Å². The highest BCUT2D eigenvalue weighted by molar-refractivity contribution is 9.10. The van der Waals surface area contributed by atoms with Crippen LogP contribution in [0.5, 0.6) is 11.5 Å². The van der Waals surface area contributed by atoms with Crippen molar-refractivity contribution < 1.29 is 14.6 Å². The molecule has 0 radical (unpaired) electrons. The maximum absolute atomic E-state index is 12.1. The van der Waals surface area contributed by atoms with E-state index in [-0.39, 0.29) is 16.7 Å². The number of ether oxygens (including phenoxy) is 1. The molecule has 0 bridgehead atoms. The number of amides is 1. The smallest absolute Gasteiger partial charge is 0.255 e. The minimum absolute atomic E-state index is 0.0641. The second kappa shape index (κ2) is 6.15. The quantitative estimate of drug-likeness (QED) is 0.871. The van der Waals surface area contributed by atoms with E-state index in [4.69, 9.17) is 16.3 Å². The van der Waals surface area contributed by atoms with Crippen LogP contribution in [0.3, 0.4) is 0 Å². The van der Waals surface area contributed by atoms with Crippen molar-refractivity contribution in [2.24, 2.45) is 0 Å². The van der Waals surface area contributed by atoms with Crippen LogP contribution in [0.15, 0.2) is 40.9 Å². The summed E-state index contributed by atoms with van der Waals surface area (Å²) in [6.45, 7) is 0. The average Bonchev–Trinajstić information content (AvgIpc) is 2.44. The summed E-state index contributed by atoms with van der Waals surface area (Å²) in [4.78, 5) is 12.1. The molecule has 0 aliphatic carbocycles. The fourth-order valence-electron chi connectivity index (χ4n) is 1.57. The van der Waals surface area contributed by atoms with Crippen LogP contribution in [0.2, 0.25) is 5.02 Å². The summed E-state index contributed by atoms with van der Waals surface area (Å²) in [5.41, 5.74) is 0.932. The Morgan fingerprint density at radius 1 is 1.30 bits per heavy atom. The predicted molar refractivity (Wildman–Crippen MR) is 81.8 cm³/mol. The van der Waals surface area contributed by atoms with Crippen molar-refractivity contribution >= 4 is 39.1 Å². The molecule has 1 amide bonds. The van der Waals surface area contributed by atoms with E-state index in [0.29, 0.717) is 17.0 Å². The van der Waals surface area contributed by atoms with Gasteiger partial charge in [-0.25, -0.2) is 0 Å². The second-order valence-electron chi connectivity index (χ2n) is 3.97. The lowest BCUT2D eigenvalue weighted by Crippen LogP contribution is -2.12. The third kappa shape index (κ3) is 3.23. The Balaban J connectivity index is 2.25. The molecule has 0 saturated heterocycles. The summed E-state index contributed by atoms with van der Waals surface area (Å²) >= 11 is 9.13. The largest absolute Gasteiger partial charge is 0.506 e. The molecule has 2 N–H and O–H groups in total. The number of halogens is 2. The Bertz CT molecular complexity index is 661. The van der Waals surface area contributed by atoms with E-state index in [2.05, 4.69) is 21.2 Å². The summed E-state index contributed by atoms with van der Waals surface area (Å²) in [5.74, 6) is 0.235. The van der Waals surface area contributed by atoms with Gasteiger partial charge in [-0.15, -0.1) is 0 Å². The number of rotatable bonds is 3. The van der Waals surface area contributed by atoms with Crippen molar-refractivity contribution in [2.75, 3.05) is 12.4 Å². The zero-order valence-electron chi connectivity index (χ0n) is 10.5. The highest BCUT2D eigenvalue weighted by Crippen LogP contribution is 2.28. The molecule has 20 heavy (non-hydrogen) atoms. The first-order valence-electron chi connectivity index (χ1n) is 5.64. The fraction of sp³-hybridized carbons (Fsp3) is 0.0714. The standard InChI is InChI=1S/C14H11BrClNO3/c1-20-9-3-4-10(15)12(7-9)17-14(19)8-2-5-13(18)11(16)6-8/h2-7,18H,1H3,(H,17,19). The molecule has 0 spiro atoms. The van der Waals surface area contributed by atoms with Crippen LogP contribution < -0.4 is 10.1 Å². The van der Waals surface area contributed by atoms with Crippen LogP contribution >= 0.6 is 27.5 Å². The highest BCUT2D eigenvalue weighted by atomic mass is 79.9. The molecule has 0 aliphatic rings. The zero-order valence-corrected chi connectivity index (χ0v) is 12.8. The van der Waals surface area contributed by atoms with Gasteiger partial charge in [0.15, 0.2) is 0 Å². The van der Waals surface area contributed by atoms with Gasteiger partial charge < -0.3 is 15.2 Å². The van der Waals surface area contributed by atoms with Gasteiger partial charge in [0.1, 0.15) is 11.5 Å². The molecule has 0 aliphatic heterocycles. The van der Waals surface area contributed by atoms with Crippen LogP contribution in [0.4, 0.5) is 5.69 Å². The monoisotopic (exact) mass is 355 g/mol. The van der Waals surface area contributed by atoms with Gasteiger partial charge in [-0.1, -0.05) is 11.6 Å². The number of methoxy groups -OCH3 is 1. The maximum Gasteiger partial charge on any atom is 0.255 e. The number of carbonyl (C=O) groups excluding carboxylic acids is 1. The van der Waals surface area contributed by atoms with Crippen LogP contribution in [-0.2, 0) is 0 Å². The lowest BCUT2D eigenvalue weighted by atomic mass is 10.2. The number of hydrogen-bond acceptors (Lipinski definition) is 3. The number of phenolic OH excluding ortho intramolecular Hbond substituents is 1. The Kier molecular flexibility index (Phi) is 4.52. The normalized spacial score (nSPS) is 10.2. The zero-order chi connectivity index (χ0) is 14.7. The predicted octanol–water partition coefficient (Wildman–Crippen LogP) is 4.07. The molecule has 0 unspecified atom stereocenters. The van der Waals surface area contributed by atoms with Gasteiger partial charge in [-0.05, 0) is 46.3 Å². The van der Waals surface area contributed by atoms with E-state index in [1.165, 1.54) is 18.2 Å². The van der Waals surface area contributed by atoms with Gasteiger partial charge in [0.05, 0.1) is 17.8 Å². The molecule has 0 saturated carbocycles. The minimum Gasteiger partial charge on any atom is -0.506 e. The van der Waals surface area contributed by atoms with Crippen molar-refractivity contribution in [3.05, 3.63) is 51.5 Å². The Morgan fingerprint density at radius 3 is 2.70 bits per heavy atom. The molecule has 4 nitrogen and oxygen atoms in total. The summed E-state index contributed by atoms with van der Waals surface area (Å²) in [6.07, 6.45) is 0. The van der Waals surface area contributed by atoms with Crippen LogP contribution in [0.1, 0.15) is 10.4 Å². The van der Waals surface area contributed by atoms with E-state index in [1.807, 2.05) is 0 Å². The van der Waals surface area contributed by atoms with Gasteiger partial charge in [-0.2, -0.15) is 0 Å². The van der Waals surface area contributed by atoms with Crippen molar-refractivity contribution in [2.45, 2.75) is 0 Å². The first-order valence-corrected chi connectivity index (χ1v) is 6.82. The Hall–Kier alpha value is -1.72. The van der Waals surface area contributed by atoms with E-state index in [0.717, 1.165) is 4.47 Å². The van der Waals surface area contributed by atoms with Crippen molar-refractivity contribution in [1.29, 1.82) is 0 Å². The molecular weight excluding hydrogens is 346 g/mol. The number of hydrogen-bond donors (Lipinski definition) is 2. The highest BCUT2D eigenvalue weighted by Gasteiger charge is 2.11. The summed E-state index contributed by atoms with van der Waals surface area (Å²) in [5, 5.41) is 12.2. The molecule has 0 aromatic heterocycles. The van der Waals surface area contributed by atoms with Gasteiger partial charge in [0.2, 0.25) is 0 Å². The molecule has 104 valence electrons. The molecular formula is C14H11BrClNO3. The van der Waals surface area contributed by atoms with Gasteiger partial charge in [0.25, 0.3) is 5.91 Å².